The average Bonchev–Trinajstić information content (AvgIpc) is 2.40. The first kappa shape index (κ1) is 12.0. The lowest BCUT2D eigenvalue weighted by molar-refractivity contribution is -0.131. The highest BCUT2D eigenvalue weighted by Gasteiger charge is 2.23. The Bertz CT molecular complexity index is 360. The van der Waals surface area contributed by atoms with Crippen molar-refractivity contribution in [2.24, 2.45) is 0 Å². The summed E-state index contributed by atoms with van der Waals surface area (Å²) in [5, 5.41) is 2.90. The summed E-state index contributed by atoms with van der Waals surface area (Å²) >= 11 is 0. The number of amides is 1. The second kappa shape index (κ2) is 5.72. The third-order valence-electron chi connectivity index (χ3n) is 3.20. The van der Waals surface area contributed by atoms with Crippen molar-refractivity contribution in [2.75, 3.05) is 26.7 Å². The van der Waals surface area contributed by atoms with Crippen molar-refractivity contribution in [3.63, 3.8) is 0 Å². The summed E-state index contributed by atoms with van der Waals surface area (Å²) in [6.45, 7) is 2.09. The topological polar surface area (TPSA) is 58.1 Å². The Hall–Kier alpha value is -1.49. The van der Waals surface area contributed by atoms with E-state index in [1.807, 2.05) is 11.0 Å². The van der Waals surface area contributed by atoms with Gasteiger partial charge in [0.15, 0.2) is 0 Å². The van der Waals surface area contributed by atoms with E-state index in [9.17, 15) is 4.79 Å². The third kappa shape index (κ3) is 3.00. The zero-order valence-corrected chi connectivity index (χ0v) is 10.1. The number of hydrogen-bond acceptors (Lipinski definition) is 4. The van der Waals surface area contributed by atoms with Crippen LogP contribution in [-0.4, -0.2) is 47.5 Å². The SMILES string of the molecule is CNCC(=O)N1CCC(c2ccncn2)CC1. The summed E-state index contributed by atoms with van der Waals surface area (Å²) in [6.07, 6.45) is 5.35. The van der Waals surface area contributed by atoms with Crippen LogP contribution in [0.25, 0.3) is 0 Å². The molecular formula is C12H18N4O. The van der Waals surface area contributed by atoms with Gasteiger partial charge in [-0.2, -0.15) is 0 Å². The van der Waals surface area contributed by atoms with Crippen LogP contribution in [0.3, 0.4) is 0 Å². The molecule has 1 N–H and O–H groups in total. The Labute approximate surface area is 101 Å². The minimum Gasteiger partial charge on any atom is -0.342 e. The fourth-order valence-electron chi connectivity index (χ4n) is 2.23. The summed E-state index contributed by atoms with van der Waals surface area (Å²) in [5.74, 6) is 0.658. The van der Waals surface area contributed by atoms with Crippen molar-refractivity contribution in [2.45, 2.75) is 18.8 Å². The molecule has 17 heavy (non-hydrogen) atoms. The Morgan fingerprint density at radius 3 is 2.88 bits per heavy atom. The predicted molar refractivity (Wildman–Crippen MR) is 64.5 cm³/mol. The van der Waals surface area contributed by atoms with E-state index in [1.165, 1.54) is 0 Å². The Morgan fingerprint density at radius 1 is 1.53 bits per heavy atom. The van der Waals surface area contributed by atoms with Crippen LogP contribution < -0.4 is 5.32 Å². The van der Waals surface area contributed by atoms with E-state index in [2.05, 4.69) is 15.3 Å². The molecule has 1 aliphatic rings. The van der Waals surface area contributed by atoms with Crippen LogP contribution in [-0.2, 0) is 4.79 Å². The summed E-state index contributed by atoms with van der Waals surface area (Å²) in [4.78, 5) is 21.8. The van der Waals surface area contributed by atoms with Crippen LogP contribution in [0.15, 0.2) is 18.6 Å². The molecule has 0 aromatic carbocycles. The first-order valence-electron chi connectivity index (χ1n) is 5.99. The van der Waals surface area contributed by atoms with Gasteiger partial charge >= 0.3 is 0 Å². The fraction of sp³-hybridized carbons (Fsp3) is 0.583. The normalized spacial score (nSPS) is 17.1. The van der Waals surface area contributed by atoms with Crippen LogP contribution >= 0.6 is 0 Å². The van der Waals surface area contributed by atoms with Crippen molar-refractivity contribution in [3.05, 3.63) is 24.3 Å². The number of carbonyl (C=O) groups is 1. The van der Waals surface area contributed by atoms with Crippen LogP contribution in [0.5, 0.6) is 0 Å². The molecule has 0 saturated carbocycles. The molecular weight excluding hydrogens is 216 g/mol. The lowest BCUT2D eigenvalue weighted by atomic mass is 9.93. The van der Waals surface area contributed by atoms with Crippen LogP contribution in [0.4, 0.5) is 0 Å². The molecule has 0 radical (unpaired) electrons. The standard InChI is InChI=1S/C12H18N4O/c1-13-8-12(17)16-6-3-10(4-7-16)11-2-5-14-9-15-11/h2,5,9-10,13H,3-4,6-8H2,1H3. The molecule has 0 spiro atoms. The van der Waals surface area contributed by atoms with Crippen molar-refractivity contribution in [1.82, 2.24) is 20.2 Å². The summed E-state index contributed by atoms with van der Waals surface area (Å²) in [7, 11) is 1.80. The molecule has 5 heteroatoms. The van der Waals surface area contributed by atoms with E-state index in [1.54, 1.807) is 19.6 Å². The molecule has 1 aliphatic heterocycles. The fourth-order valence-corrected chi connectivity index (χ4v) is 2.23. The smallest absolute Gasteiger partial charge is 0.236 e. The Balaban J connectivity index is 1.88. The first-order valence-corrected chi connectivity index (χ1v) is 5.99. The van der Waals surface area contributed by atoms with Crippen molar-refractivity contribution in [1.29, 1.82) is 0 Å². The van der Waals surface area contributed by atoms with Gasteiger partial charge in [0.25, 0.3) is 0 Å². The van der Waals surface area contributed by atoms with Crippen LogP contribution in [0, 0.1) is 0 Å². The van der Waals surface area contributed by atoms with E-state index in [4.69, 9.17) is 0 Å². The third-order valence-corrected chi connectivity index (χ3v) is 3.20. The highest BCUT2D eigenvalue weighted by atomic mass is 16.2. The monoisotopic (exact) mass is 234 g/mol. The molecule has 0 aliphatic carbocycles. The quantitative estimate of drug-likeness (QED) is 0.822. The lowest BCUT2D eigenvalue weighted by Gasteiger charge is -2.31. The van der Waals surface area contributed by atoms with E-state index < -0.39 is 0 Å². The zero-order chi connectivity index (χ0) is 12.1. The molecule has 0 bridgehead atoms. The minimum absolute atomic E-state index is 0.189. The Kier molecular flexibility index (Phi) is 4.03. The van der Waals surface area contributed by atoms with Gasteiger partial charge in [0.05, 0.1) is 6.54 Å². The maximum atomic E-state index is 11.7. The molecule has 1 fully saturated rings. The van der Waals surface area contributed by atoms with Gasteiger partial charge in [0, 0.05) is 30.9 Å². The number of nitrogens with zero attached hydrogens (tertiary/aromatic N) is 3. The number of rotatable bonds is 3. The summed E-state index contributed by atoms with van der Waals surface area (Å²) in [5.41, 5.74) is 1.10. The number of carbonyl (C=O) groups excluding carboxylic acids is 1. The van der Waals surface area contributed by atoms with Crippen molar-refractivity contribution < 1.29 is 4.79 Å². The van der Waals surface area contributed by atoms with Crippen LogP contribution in [0.2, 0.25) is 0 Å². The van der Waals surface area contributed by atoms with Crippen molar-refractivity contribution >= 4 is 5.91 Å². The van der Waals surface area contributed by atoms with Gasteiger partial charge in [-0.05, 0) is 26.0 Å². The number of piperidine rings is 1. The van der Waals surface area contributed by atoms with Crippen LogP contribution in [0.1, 0.15) is 24.5 Å². The van der Waals surface area contributed by atoms with E-state index >= 15 is 0 Å². The largest absolute Gasteiger partial charge is 0.342 e. The Morgan fingerprint density at radius 2 is 2.29 bits per heavy atom. The molecule has 0 unspecified atom stereocenters. The highest BCUT2D eigenvalue weighted by molar-refractivity contribution is 5.78. The number of aromatic nitrogens is 2. The molecule has 0 atom stereocenters. The van der Waals surface area contributed by atoms with Gasteiger partial charge in [0.1, 0.15) is 6.33 Å². The number of hydrogen-bond donors (Lipinski definition) is 1. The average molecular weight is 234 g/mol. The highest BCUT2D eigenvalue weighted by Crippen LogP contribution is 2.25. The minimum atomic E-state index is 0.189. The maximum Gasteiger partial charge on any atom is 0.236 e. The lowest BCUT2D eigenvalue weighted by Crippen LogP contribution is -2.42. The number of likely N-dealkylation sites (N-methyl/N-ethyl adjacent to an activating group) is 1. The number of nitrogens with one attached hydrogen (secondary N) is 1. The van der Waals surface area contributed by atoms with Gasteiger partial charge in [0.2, 0.25) is 5.91 Å². The first-order chi connectivity index (χ1) is 8.31. The second-order valence-electron chi connectivity index (χ2n) is 4.32. The molecule has 2 rings (SSSR count). The van der Waals surface area contributed by atoms with Crippen molar-refractivity contribution in [3.8, 4) is 0 Å². The summed E-state index contributed by atoms with van der Waals surface area (Å²) < 4.78 is 0. The van der Waals surface area contributed by atoms with E-state index in [0.29, 0.717) is 12.5 Å². The van der Waals surface area contributed by atoms with Gasteiger partial charge < -0.3 is 10.2 Å². The molecule has 1 aromatic heterocycles. The molecule has 1 aromatic rings. The second-order valence-corrected chi connectivity index (χ2v) is 4.32. The molecule has 92 valence electrons. The molecule has 1 amide bonds. The van der Waals surface area contributed by atoms with E-state index in [-0.39, 0.29) is 5.91 Å². The molecule has 5 nitrogen and oxygen atoms in total. The van der Waals surface area contributed by atoms with Gasteiger partial charge in [-0.3, -0.25) is 4.79 Å². The maximum absolute atomic E-state index is 11.7. The molecule has 2 heterocycles. The van der Waals surface area contributed by atoms with Gasteiger partial charge in [-0.15, -0.1) is 0 Å². The van der Waals surface area contributed by atoms with E-state index in [0.717, 1.165) is 31.6 Å². The van der Waals surface area contributed by atoms with Gasteiger partial charge in [-0.1, -0.05) is 0 Å². The predicted octanol–water partition coefficient (Wildman–Crippen LogP) is 0.402. The molecule has 1 saturated heterocycles. The van der Waals surface area contributed by atoms with Gasteiger partial charge in [-0.25, -0.2) is 9.97 Å². The number of likely N-dealkylation sites (tertiary alicyclic amines) is 1. The zero-order valence-electron chi connectivity index (χ0n) is 10.1. The summed E-state index contributed by atoms with van der Waals surface area (Å²) in [6, 6.07) is 1.97.